The first-order valence-corrected chi connectivity index (χ1v) is 6.40. The van der Waals surface area contributed by atoms with Crippen LogP contribution >= 0.6 is 15.9 Å². The summed E-state index contributed by atoms with van der Waals surface area (Å²) in [6, 6.07) is -0.114. The van der Waals surface area contributed by atoms with Gasteiger partial charge >= 0.3 is 0 Å². The van der Waals surface area contributed by atoms with Crippen LogP contribution in [0.15, 0.2) is 15.5 Å². The molecule has 6 heteroatoms. The van der Waals surface area contributed by atoms with Gasteiger partial charge in [-0.3, -0.25) is 4.79 Å². The van der Waals surface area contributed by atoms with E-state index in [0.717, 1.165) is 6.42 Å². The molecule has 1 rings (SSSR count). The summed E-state index contributed by atoms with van der Waals surface area (Å²) in [4.78, 5) is 12.0. The fourth-order valence-electron chi connectivity index (χ4n) is 1.35. The lowest BCUT2D eigenvalue weighted by Crippen LogP contribution is -2.27. The summed E-state index contributed by atoms with van der Waals surface area (Å²) in [6.07, 6.45) is 7.72. The van der Waals surface area contributed by atoms with Gasteiger partial charge < -0.3 is 10.1 Å². The van der Waals surface area contributed by atoms with E-state index in [1.165, 1.54) is 4.68 Å². The second kappa shape index (κ2) is 7.19. The normalized spacial score (nSPS) is 11.9. The van der Waals surface area contributed by atoms with Crippen molar-refractivity contribution in [2.24, 2.45) is 0 Å². The molecule has 1 aromatic rings. The van der Waals surface area contributed by atoms with Crippen molar-refractivity contribution in [2.45, 2.75) is 25.9 Å². The van der Waals surface area contributed by atoms with E-state index >= 15 is 0 Å². The Balaban J connectivity index is 2.94. The minimum absolute atomic E-state index is 0.114. The van der Waals surface area contributed by atoms with Gasteiger partial charge in [0.25, 0.3) is 5.56 Å². The maximum atomic E-state index is 12.0. The molecule has 0 aliphatic heterocycles. The van der Waals surface area contributed by atoms with E-state index in [4.69, 9.17) is 11.2 Å². The summed E-state index contributed by atoms with van der Waals surface area (Å²) in [6.45, 7) is 2.83. The Kier molecular flexibility index (Phi) is 5.89. The predicted octanol–water partition coefficient (Wildman–Crippen LogP) is 1.48. The van der Waals surface area contributed by atoms with Gasteiger partial charge in [0.2, 0.25) is 0 Å². The van der Waals surface area contributed by atoms with E-state index in [-0.39, 0.29) is 11.6 Å². The van der Waals surface area contributed by atoms with Crippen molar-refractivity contribution in [3.05, 3.63) is 21.0 Å². The molecule has 1 atom stereocenters. The second-order valence-corrected chi connectivity index (χ2v) is 4.46. The zero-order chi connectivity index (χ0) is 13.5. The highest BCUT2D eigenvalue weighted by Crippen LogP contribution is 2.17. The maximum absolute atomic E-state index is 12.0. The molecular weight excluding hydrogens is 298 g/mol. The average Bonchev–Trinajstić information content (AvgIpc) is 2.39. The minimum atomic E-state index is -0.205. The third kappa shape index (κ3) is 3.59. The maximum Gasteiger partial charge on any atom is 0.283 e. The molecule has 0 saturated heterocycles. The number of aromatic nitrogens is 2. The molecule has 1 N–H and O–H groups in total. The average molecular weight is 314 g/mol. The molecule has 1 heterocycles. The third-order valence-electron chi connectivity index (χ3n) is 2.43. The van der Waals surface area contributed by atoms with E-state index in [9.17, 15) is 4.79 Å². The number of nitrogens with one attached hydrogen (secondary N) is 1. The van der Waals surface area contributed by atoms with Crippen LogP contribution in [0.1, 0.15) is 13.3 Å². The Hall–Kier alpha value is -1.32. The summed E-state index contributed by atoms with van der Waals surface area (Å²) in [7, 11) is 1.58. The number of ether oxygens (including phenoxy) is 1. The molecule has 0 saturated carbocycles. The number of rotatable bonds is 6. The van der Waals surface area contributed by atoms with Gasteiger partial charge in [0, 0.05) is 7.11 Å². The molecule has 0 bridgehead atoms. The van der Waals surface area contributed by atoms with Gasteiger partial charge in [-0.05, 0) is 22.4 Å². The van der Waals surface area contributed by atoms with Crippen LogP contribution in [0.25, 0.3) is 0 Å². The molecule has 0 aliphatic carbocycles. The van der Waals surface area contributed by atoms with Crippen molar-refractivity contribution >= 4 is 21.6 Å². The molecule has 0 amide bonds. The quantitative estimate of drug-likeness (QED) is 0.808. The molecular formula is C12H16BrN3O2. The largest absolute Gasteiger partial charge is 0.383 e. The van der Waals surface area contributed by atoms with Crippen LogP contribution in [0.3, 0.4) is 0 Å². The van der Waals surface area contributed by atoms with Gasteiger partial charge in [-0.2, -0.15) is 5.10 Å². The smallest absolute Gasteiger partial charge is 0.283 e. The Morgan fingerprint density at radius 3 is 3.00 bits per heavy atom. The molecule has 0 fully saturated rings. The first kappa shape index (κ1) is 14.7. The number of hydrogen-bond donors (Lipinski definition) is 1. The summed E-state index contributed by atoms with van der Waals surface area (Å²) < 4.78 is 6.69. The van der Waals surface area contributed by atoms with Crippen molar-refractivity contribution in [3.63, 3.8) is 0 Å². The van der Waals surface area contributed by atoms with E-state index in [2.05, 4.69) is 32.3 Å². The van der Waals surface area contributed by atoms with Gasteiger partial charge in [0.1, 0.15) is 4.47 Å². The lowest BCUT2D eigenvalue weighted by molar-refractivity contribution is 0.181. The first-order chi connectivity index (χ1) is 8.63. The zero-order valence-corrected chi connectivity index (χ0v) is 12.0. The van der Waals surface area contributed by atoms with Crippen molar-refractivity contribution in [3.8, 4) is 12.3 Å². The van der Waals surface area contributed by atoms with Gasteiger partial charge in [-0.1, -0.05) is 12.8 Å². The molecule has 5 nitrogen and oxygen atoms in total. The molecule has 18 heavy (non-hydrogen) atoms. The van der Waals surface area contributed by atoms with Crippen molar-refractivity contribution in [1.29, 1.82) is 0 Å². The van der Waals surface area contributed by atoms with Crippen molar-refractivity contribution in [1.82, 2.24) is 9.78 Å². The van der Waals surface area contributed by atoms with Crippen LogP contribution in [-0.4, -0.2) is 29.5 Å². The summed E-state index contributed by atoms with van der Waals surface area (Å²) in [5.74, 6) is 2.61. The second-order valence-electron chi connectivity index (χ2n) is 3.67. The lowest BCUT2D eigenvalue weighted by Gasteiger charge is -2.14. The van der Waals surface area contributed by atoms with Gasteiger partial charge in [-0.15, -0.1) is 6.42 Å². The molecule has 0 spiro atoms. The summed E-state index contributed by atoms with van der Waals surface area (Å²) >= 11 is 3.26. The SMILES string of the molecule is C#CC(CC)Nc1cnn(CCOC)c(=O)c1Br. The van der Waals surface area contributed by atoms with Crippen molar-refractivity contribution < 1.29 is 4.74 Å². The fraction of sp³-hybridized carbons (Fsp3) is 0.500. The Bertz CT molecular complexity index is 493. The molecule has 1 aromatic heterocycles. The number of nitrogens with zero attached hydrogens (tertiary/aromatic N) is 2. The van der Waals surface area contributed by atoms with Crippen LogP contribution in [-0.2, 0) is 11.3 Å². The van der Waals surface area contributed by atoms with Crippen LogP contribution in [0.5, 0.6) is 0 Å². The van der Waals surface area contributed by atoms with Crippen LogP contribution < -0.4 is 10.9 Å². The lowest BCUT2D eigenvalue weighted by atomic mass is 10.2. The van der Waals surface area contributed by atoms with Gasteiger partial charge in [0.05, 0.1) is 31.1 Å². The molecule has 0 radical (unpaired) electrons. The van der Waals surface area contributed by atoms with Crippen LogP contribution in [0.4, 0.5) is 5.69 Å². The Labute approximate surface area is 115 Å². The van der Waals surface area contributed by atoms with Gasteiger partial charge in [-0.25, -0.2) is 4.68 Å². The molecule has 0 aromatic carbocycles. The monoisotopic (exact) mass is 313 g/mol. The van der Waals surface area contributed by atoms with E-state index in [1.54, 1.807) is 13.3 Å². The van der Waals surface area contributed by atoms with Crippen LogP contribution in [0, 0.1) is 12.3 Å². The highest BCUT2D eigenvalue weighted by atomic mass is 79.9. The van der Waals surface area contributed by atoms with E-state index in [1.807, 2.05) is 6.92 Å². The fourth-order valence-corrected chi connectivity index (χ4v) is 1.77. The Morgan fingerprint density at radius 2 is 2.44 bits per heavy atom. The highest BCUT2D eigenvalue weighted by molar-refractivity contribution is 9.10. The zero-order valence-electron chi connectivity index (χ0n) is 10.4. The number of terminal acetylenes is 1. The third-order valence-corrected chi connectivity index (χ3v) is 3.20. The number of anilines is 1. The highest BCUT2D eigenvalue weighted by Gasteiger charge is 2.11. The van der Waals surface area contributed by atoms with E-state index < -0.39 is 0 Å². The summed E-state index contributed by atoms with van der Waals surface area (Å²) in [5.41, 5.74) is 0.405. The standard InChI is InChI=1S/C12H16BrN3O2/c1-4-9(5-2)15-10-8-14-16(6-7-18-3)12(17)11(10)13/h1,8-9,15H,5-7H2,2-3H3. The topological polar surface area (TPSA) is 56.1 Å². The van der Waals surface area contributed by atoms with Crippen molar-refractivity contribution in [2.75, 3.05) is 19.0 Å². The number of methoxy groups -OCH3 is 1. The Morgan fingerprint density at radius 1 is 1.72 bits per heavy atom. The van der Waals surface area contributed by atoms with Gasteiger partial charge in [0.15, 0.2) is 0 Å². The number of halogens is 1. The summed E-state index contributed by atoms with van der Waals surface area (Å²) in [5, 5.41) is 7.14. The molecule has 0 aliphatic rings. The first-order valence-electron chi connectivity index (χ1n) is 5.61. The van der Waals surface area contributed by atoms with Crippen LogP contribution in [0.2, 0.25) is 0 Å². The van der Waals surface area contributed by atoms with E-state index in [0.29, 0.717) is 23.3 Å². The molecule has 98 valence electrons. The predicted molar refractivity (Wildman–Crippen MR) is 74.6 cm³/mol. The molecule has 1 unspecified atom stereocenters. The number of hydrogen-bond acceptors (Lipinski definition) is 4. The minimum Gasteiger partial charge on any atom is -0.383 e.